The van der Waals surface area contributed by atoms with Crippen molar-refractivity contribution in [1.82, 2.24) is 15.3 Å². The number of nitrogens with one attached hydrogen (secondary N) is 1. The fourth-order valence-electron chi connectivity index (χ4n) is 2.11. The molecular formula is C16H22N4O2. The molecule has 2 heterocycles. The van der Waals surface area contributed by atoms with E-state index in [2.05, 4.69) is 29.1 Å². The normalized spacial score (nSPS) is 12.4. The lowest BCUT2D eigenvalue weighted by molar-refractivity contribution is 0.0949. The van der Waals surface area contributed by atoms with Crippen molar-refractivity contribution in [3.05, 3.63) is 47.9 Å². The van der Waals surface area contributed by atoms with E-state index in [-0.39, 0.29) is 17.6 Å². The van der Waals surface area contributed by atoms with Crippen LogP contribution >= 0.6 is 0 Å². The highest BCUT2D eigenvalue weighted by Crippen LogP contribution is 2.18. The highest BCUT2D eigenvalue weighted by Gasteiger charge is 2.17. The molecule has 2 rings (SSSR count). The topological polar surface area (TPSA) is 94.0 Å². The van der Waals surface area contributed by atoms with E-state index in [4.69, 9.17) is 10.2 Å². The Labute approximate surface area is 130 Å². The van der Waals surface area contributed by atoms with Crippen LogP contribution in [-0.4, -0.2) is 22.4 Å². The zero-order valence-electron chi connectivity index (χ0n) is 13.0. The number of nitrogens with zero attached hydrogens (tertiary/aromatic N) is 2. The maximum Gasteiger partial charge on any atom is 0.273 e. The van der Waals surface area contributed by atoms with Crippen LogP contribution in [0.2, 0.25) is 0 Å². The number of amides is 1. The number of pyridine rings is 1. The largest absolute Gasteiger partial charge is 0.446 e. The van der Waals surface area contributed by atoms with E-state index in [1.54, 1.807) is 6.20 Å². The fraction of sp³-hybridized carbons (Fsp3) is 0.438. The summed E-state index contributed by atoms with van der Waals surface area (Å²) in [7, 11) is 0. The van der Waals surface area contributed by atoms with Gasteiger partial charge in [-0.05, 0) is 24.5 Å². The van der Waals surface area contributed by atoms with Gasteiger partial charge in [-0.15, -0.1) is 0 Å². The first-order valence-corrected chi connectivity index (χ1v) is 7.45. The Kier molecular flexibility index (Phi) is 5.66. The number of rotatable bonds is 7. The number of nitrogens with two attached hydrogens (primary N) is 1. The SMILES string of the molecule is CC(C)CC(N)c1nc(C(=O)NCCc2ccccn2)co1. The third-order valence-electron chi connectivity index (χ3n) is 3.19. The van der Waals surface area contributed by atoms with Crippen LogP contribution in [0.5, 0.6) is 0 Å². The molecule has 0 aliphatic carbocycles. The van der Waals surface area contributed by atoms with Crippen LogP contribution in [0.15, 0.2) is 35.1 Å². The van der Waals surface area contributed by atoms with Gasteiger partial charge in [0.15, 0.2) is 5.69 Å². The van der Waals surface area contributed by atoms with Crippen molar-refractivity contribution < 1.29 is 9.21 Å². The van der Waals surface area contributed by atoms with Crippen LogP contribution in [0.25, 0.3) is 0 Å². The summed E-state index contributed by atoms with van der Waals surface area (Å²) in [5, 5.41) is 2.80. The van der Waals surface area contributed by atoms with Crippen molar-refractivity contribution in [2.24, 2.45) is 11.7 Å². The maximum absolute atomic E-state index is 12.0. The lowest BCUT2D eigenvalue weighted by Crippen LogP contribution is -2.26. The van der Waals surface area contributed by atoms with Crippen molar-refractivity contribution in [3.63, 3.8) is 0 Å². The maximum atomic E-state index is 12.0. The van der Waals surface area contributed by atoms with Crippen molar-refractivity contribution >= 4 is 5.91 Å². The van der Waals surface area contributed by atoms with Gasteiger partial charge in [-0.1, -0.05) is 19.9 Å². The molecule has 1 atom stereocenters. The molecule has 0 aliphatic rings. The van der Waals surface area contributed by atoms with Crippen LogP contribution < -0.4 is 11.1 Å². The van der Waals surface area contributed by atoms with Gasteiger partial charge in [0.2, 0.25) is 5.89 Å². The summed E-state index contributed by atoms with van der Waals surface area (Å²) >= 11 is 0. The van der Waals surface area contributed by atoms with Crippen molar-refractivity contribution in [3.8, 4) is 0 Å². The Morgan fingerprint density at radius 2 is 2.23 bits per heavy atom. The van der Waals surface area contributed by atoms with Crippen molar-refractivity contribution in [2.75, 3.05) is 6.54 Å². The predicted octanol–water partition coefficient (Wildman–Crippen LogP) is 2.09. The van der Waals surface area contributed by atoms with Gasteiger partial charge in [0.1, 0.15) is 6.26 Å². The van der Waals surface area contributed by atoms with Crippen LogP contribution in [0.1, 0.15) is 48.4 Å². The third kappa shape index (κ3) is 4.66. The standard InChI is InChI=1S/C16H22N4O2/c1-11(2)9-13(17)16-20-14(10-22-16)15(21)19-8-6-12-5-3-4-7-18-12/h3-5,7,10-11,13H,6,8-9,17H2,1-2H3,(H,19,21). The lowest BCUT2D eigenvalue weighted by atomic mass is 10.0. The van der Waals surface area contributed by atoms with E-state index in [0.29, 0.717) is 24.8 Å². The molecule has 0 aliphatic heterocycles. The molecule has 0 saturated heterocycles. The highest BCUT2D eigenvalue weighted by molar-refractivity contribution is 5.91. The quantitative estimate of drug-likeness (QED) is 0.816. The number of hydrogen-bond donors (Lipinski definition) is 2. The van der Waals surface area contributed by atoms with Gasteiger partial charge in [0.25, 0.3) is 5.91 Å². The first-order chi connectivity index (χ1) is 10.6. The summed E-state index contributed by atoms with van der Waals surface area (Å²) in [6.07, 6.45) is 4.52. The summed E-state index contributed by atoms with van der Waals surface area (Å²) in [5.74, 6) is 0.587. The number of aromatic nitrogens is 2. The van der Waals surface area contributed by atoms with E-state index in [0.717, 1.165) is 12.1 Å². The Hall–Kier alpha value is -2.21. The molecule has 0 fully saturated rings. The molecule has 1 amide bonds. The van der Waals surface area contributed by atoms with Gasteiger partial charge in [-0.2, -0.15) is 0 Å². The van der Waals surface area contributed by atoms with E-state index >= 15 is 0 Å². The second-order valence-corrected chi connectivity index (χ2v) is 5.63. The van der Waals surface area contributed by atoms with E-state index in [9.17, 15) is 4.79 Å². The number of oxazole rings is 1. The summed E-state index contributed by atoms with van der Waals surface area (Å²) in [6, 6.07) is 5.42. The molecule has 0 saturated carbocycles. The van der Waals surface area contributed by atoms with Crippen molar-refractivity contribution in [2.45, 2.75) is 32.7 Å². The molecular weight excluding hydrogens is 280 g/mol. The second kappa shape index (κ2) is 7.70. The fourth-order valence-corrected chi connectivity index (χ4v) is 2.11. The minimum absolute atomic E-state index is 0.259. The molecule has 0 spiro atoms. The van der Waals surface area contributed by atoms with Crippen LogP contribution in [0.4, 0.5) is 0 Å². The van der Waals surface area contributed by atoms with Crippen LogP contribution in [0.3, 0.4) is 0 Å². The number of carbonyl (C=O) groups is 1. The first kappa shape index (κ1) is 16.2. The average Bonchev–Trinajstić information content (AvgIpc) is 2.97. The molecule has 2 aromatic heterocycles. The molecule has 22 heavy (non-hydrogen) atoms. The number of carbonyl (C=O) groups excluding carboxylic acids is 1. The molecule has 0 aromatic carbocycles. The molecule has 0 bridgehead atoms. The highest BCUT2D eigenvalue weighted by atomic mass is 16.3. The van der Waals surface area contributed by atoms with Gasteiger partial charge in [0, 0.05) is 24.9 Å². The summed E-state index contributed by atoms with van der Waals surface area (Å²) < 4.78 is 5.30. The first-order valence-electron chi connectivity index (χ1n) is 7.45. The minimum Gasteiger partial charge on any atom is -0.446 e. The van der Waals surface area contributed by atoms with Gasteiger partial charge in [-0.3, -0.25) is 9.78 Å². The minimum atomic E-state index is -0.282. The number of hydrogen-bond acceptors (Lipinski definition) is 5. The monoisotopic (exact) mass is 302 g/mol. The summed E-state index contributed by atoms with van der Waals surface area (Å²) in [5.41, 5.74) is 7.18. The van der Waals surface area contributed by atoms with Crippen LogP contribution in [0, 0.1) is 5.92 Å². The molecule has 6 heteroatoms. The van der Waals surface area contributed by atoms with Crippen LogP contribution in [-0.2, 0) is 6.42 Å². The van der Waals surface area contributed by atoms with E-state index in [1.807, 2.05) is 18.2 Å². The Bertz CT molecular complexity index is 595. The molecule has 1 unspecified atom stereocenters. The lowest BCUT2D eigenvalue weighted by Gasteiger charge is -2.09. The van der Waals surface area contributed by atoms with E-state index in [1.165, 1.54) is 6.26 Å². The Morgan fingerprint density at radius 1 is 1.41 bits per heavy atom. The zero-order chi connectivity index (χ0) is 15.9. The molecule has 6 nitrogen and oxygen atoms in total. The van der Waals surface area contributed by atoms with Gasteiger partial charge >= 0.3 is 0 Å². The summed E-state index contributed by atoms with van der Waals surface area (Å²) in [6.45, 7) is 4.65. The predicted molar refractivity (Wildman–Crippen MR) is 83.2 cm³/mol. The smallest absolute Gasteiger partial charge is 0.273 e. The Morgan fingerprint density at radius 3 is 2.91 bits per heavy atom. The van der Waals surface area contributed by atoms with E-state index < -0.39 is 0 Å². The van der Waals surface area contributed by atoms with Gasteiger partial charge in [-0.25, -0.2) is 4.98 Å². The average molecular weight is 302 g/mol. The Balaban J connectivity index is 1.84. The summed E-state index contributed by atoms with van der Waals surface area (Å²) in [4.78, 5) is 20.4. The molecule has 0 radical (unpaired) electrons. The molecule has 3 N–H and O–H groups in total. The van der Waals surface area contributed by atoms with Gasteiger partial charge in [0.05, 0.1) is 6.04 Å². The molecule has 118 valence electrons. The third-order valence-corrected chi connectivity index (χ3v) is 3.19. The van der Waals surface area contributed by atoms with Gasteiger partial charge < -0.3 is 15.5 Å². The second-order valence-electron chi connectivity index (χ2n) is 5.63. The zero-order valence-corrected chi connectivity index (χ0v) is 13.0. The molecule has 2 aromatic rings. The van der Waals surface area contributed by atoms with Crippen molar-refractivity contribution in [1.29, 1.82) is 0 Å².